The van der Waals surface area contributed by atoms with Gasteiger partial charge in [0.25, 0.3) is 0 Å². The van der Waals surface area contributed by atoms with Gasteiger partial charge in [-0.3, -0.25) is 0 Å². The Labute approximate surface area is 114 Å². The number of para-hydroxylation sites is 1. The number of rotatable bonds is 0. The summed E-state index contributed by atoms with van der Waals surface area (Å²) in [5.74, 6) is -0.958. The highest BCUT2D eigenvalue weighted by Gasteiger charge is 2.58. The van der Waals surface area contributed by atoms with Crippen LogP contribution >= 0.6 is 11.6 Å². The highest BCUT2D eigenvalue weighted by atomic mass is 35.5. The lowest BCUT2D eigenvalue weighted by atomic mass is 9.97. The molecule has 2 aromatic rings. The molecule has 0 amide bonds. The molecule has 19 heavy (non-hydrogen) atoms. The predicted molar refractivity (Wildman–Crippen MR) is 69.2 cm³/mol. The van der Waals surface area contributed by atoms with Crippen molar-refractivity contribution in [3.05, 3.63) is 65.2 Å². The molecule has 2 heterocycles. The first kappa shape index (κ1) is 10.9. The van der Waals surface area contributed by atoms with Gasteiger partial charge in [-0.1, -0.05) is 36.4 Å². The van der Waals surface area contributed by atoms with Crippen LogP contribution in [0.15, 0.2) is 48.5 Å². The Morgan fingerprint density at radius 2 is 1.74 bits per heavy atom. The topological polar surface area (TPSA) is 35.5 Å². The highest BCUT2D eigenvalue weighted by Crippen LogP contribution is 2.56. The van der Waals surface area contributed by atoms with Crippen molar-refractivity contribution >= 4 is 17.6 Å². The Bertz CT molecular complexity index is 697. The van der Waals surface area contributed by atoms with E-state index in [4.69, 9.17) is 21.1 Å². The van der Waals surface area contributed by atoms with Crippen LogP contribution in [0.3, 0.4) is 0 Å². The van der Waals surface area contributed by atoms with Crippen LogP contribution in [0, 0.1) is 0 Å². The molecule has 3 nitrogen and oxygen atoms in total. The van der Waals surface area contributed by atoms with E-state index >= 15 is 0 Å². The Kier molecular flexibility index (Phi) is 2.01. The zero-order chi connectivity index (χ0) is 13.0. The maximum Gasteiger partial charge on any atom is 0.342 e. The van der Waals surface area contributed by atoms with Gasteiger partial charge in [0.05, 0.1) is 11.1 Å². The van der Waals surface area contributed by atoms with Crippen molar-refractivity contribution < 1.29 is 14.3 Å². The van der Waals surface area contributed by atoms with Gasteiger partial charge in [0.1, 0.15) is 11.1 Å². The number of benzene rings is 2. The second kappa shape index (κ2) is 3.52. The van der Waals surface area contributed by atoms with E-state index in [1.165, 1.54) is 0 Å². The van der Waals surface area contributed by atoms with E-state index in [1.807, 2.05) is 36.4 Å². The smallest absolute Gasteiger partial charge is 0.342 e. The third-order valence-corrected chi connectivity index (χ3v) is 4.08. The molecule has 0 fully saturated rings. The minimum atomic E-state index is -1.22. The van der Waals surface area contributed by atoms with Gasteiger partial charge in [-0.25, -0.2) is 4.79 Å². The van der Waals surface area contributed by atoms with Crippen LogP contribution in [0.2, 0.25) is 0 Å². The second-order valence-electron chi connectivity index (χ2n) is 4.61. The molecule has 2 aromatic carbocycles. The monoisotopic (exact) mass is 272 g/mol. The number of alkyl halides is 1. The number of esters is 1. The Balaban J connectivity index is 1.94. The summed E-state index contributed by atoms with van der Waals surface area (Å²) in [6, 6.07) is 14.7. The molecular formula is C15H9ClO3. The molecule has 0 aliphatic carbocycles. The van der Waals surface area contributed by atoms with Crippen molar-refractivity contribution in [3.63, 3.8) is 0 Å². The molecular weight excluding hydrogens is 264 g/mol. The van der Waals surface area contributed by atoms with Gasteiger partial charge >= 0.3 is 11.8 Å². The average Bonchev–Trinajstić information content (AvgIpc) is 2.88. The van der Waals surface area contributed by atoms with Gasteiger partial charge in [0.15, 0.2) is 0 Å². The van der Waals surface area contributed by atoms with E-state index in [9.17, 15) is 4.79 Å². The van der Waals surface area contributed by atoms with Crippen molar-refractivity contribution in [2.45, 2.75) is 11.2 Å². The molecule has 2 aliphatic heterocycles. The summed E-state index contributed by atoms with van der Waals surface area (Å²) in [7, 11) is 0. The third kappa shape index (κ3) is 1.25. The maximum absolute atomic E-state index is 12.0. The Hall–Kier alpha value is -2.00. The van der Waals surface area contributed by atoms with Gasteiger partial charge in [-0.2, -0.15) is 0 Å². The van der Waals surface area contributed by atoms with E-state index in [2.05, 4.69) is 0 Å². The van der Waals surface area contributed by atoms with Crippen LogP contribution < -0.4 is 4.74 Å². The molecule has 1 spiro atoms. The fourth-order valence-electron chi connectivity index (χ4n) is 2.68. The number of hydrogen-bond donors (Lipinski definition) is 0. The molecule has 0 aromatic heterocycles. The van der Waals surface area contributed by atoms with Crippen LogP contribution in [0.25, 0.3) is 0 Å². The van der Waals surface area contributed by atoms with Crippen LogP contribution in [0.1, 0.15) is 26.9 Å². The zero-order valence-corrected chi connectivity index (χ0v) is 10.6. The van der Waals surface area contributed by atoms with E-state index in [-0.39, 0.29) is 0 Å². The summed E-state index contributed by atoms with van der Waals surface area (Å²) in [6.07, 6.45) is 0. The van der Waals surface area contributed by atoms with Crippen molar-refractivity contribution in [2.75, 3.05) is 0 Å². The lowest BCUT2D eigenvalue weighted by molar-refractivity contribution is -0.129. The number of hydrogen-bond acceptors (Lipinski definition) is 3. The average molecular weight is 273 g/mol. The first-order valence-electron chi connectivity index (χ1n) is 5.97. The van der Waals surface area contributed by atoms with E-state index in [0.717, 1.165) is 5.56 Å². The van der Waals surface area contributed by atoms with Crippen LogP contribution in [0.5, 0.6) is 5.75 Å². The quantitative estimate of drug-likeness (QED) is 0.545. The van der Waals surface area contributed by atoms with Gasteiger partial charge in [0, 0.05) is 5.56 Å². The number of fused-ring (bicyclic) bond motifs is 3. The molecule has 2 aliphatic rings. The normalized spacial score (nSPS) is 26.8. The highest BCUT2D eigenvalue weighted by molar-refractivity contribution is 6.22. The molecule has 4 heteroatoms. The SMILES string of the molecule is O=C1O[C@]2(Oc3ccccc3[C@H]2Cl)c2ccccc21. The minimum absolute atomic E-state index is 0.394. The summed E-state index contributed by atoms with van der Waals surface area (Å²) in [5.41, 5.74) is 2.05. The summed E-state index contributed by atoms with van der Waals surface area (Å²) in [5, 5.41) is -0.545. The third-order valence-electron chi connectivity index (χ3n) is 3.55. The van der Waals surface area contributed by atoms with Gasteiger partial charge in [-0.15, -0.1) is 11.6 Å². The number of ether oxygens (including phenoxy) is 2. The summed E-state index contributed by atoms with van der Waals surface area (Å²) < 4.78 is 11.4. The molecule has 0 saturated heterocycles. The largest absolute Gasteiger partial charge is 0.446 e. The number of carbonyl (C=O) groups excluding carboxylic acids is 1. The summed E-state index contributed by atoms with van der Waals surface area (Å²) >= 11 is 6.50. The van der Waals surface area contributed by atoms with Crippen LogP contribution in [-0.4, -0.2) is 5.97 Å². The van der Waals surface area contributed by atoms with Gasteiger partial charge in [-0.05, 0) is 12.1 Å². The molecule has 0 N–H and O–H groups in total. The minimum Gasteiger partial charge on any atom is -0.446 e. The van der Waals surface area contributed by atoms with Gasteiger partial charge < -0.3 is 9.47 Å². The molecule has 0 saturated carbocycles. The molecule has 4 rings (SSSR count). The number of halogens is 1. The van der Waals surface area contributed by atoms with Crippen molar-refractivity contribution in [1.29, 1.82) is 0 Å². The number of carbonyl (C=O) groups is 1. The molecule has 0 radical (unpaired) electrons. The molecule has 0 unspecified atom stereocenters. The lowest BCUT2D eigenvalue weighted by Gasteiger charge is -2.25. The van der Waals surface area contributed by atoms with Crippen LogP contribution in [-0.2, 0) is 10.5 Å². The van der Waals surface area contributed by atoms with Crippen LogP contribution in [0.4, 0.5) is 0 Å². The van der Waals surface area contributed by atoms with E-state index in [0.29, 0.717) is 16.9 Å². The van der Waals surface area contributed by atoms with Crippen molar-refractivity contribution in [3.8, 4) is 5.75 Å². The second-order valence-corrected chi connectivity index (χ2v) is 5.04. The summed E-state index contributed by atoms with van der Waals surface area (Å²) in [4.78, 5) is 12.0. The maximum atomic E-state index is 12.0. The lowest BCUT2D eigenvalue weighted by Crippen LogP contribution is -2.33. The van der Waals surface area contributed by atoms with E-state index in [1.54, 1.807) is 12.1 Å². The molecule has 0 bridgehead atoms. The first-order valence-corrected chi connectivity index (χ1v) is 6.41. The van der Waals surface area contributed by atoms with Crippen molar-refractivity contribution in [2.24, 2.45) is 0 Å². The van der Waals surface area contributed by atoms with E-state index < -0.39 is 17.1 Å². The standard InChI is InChI=1S/C15H9ClO3/c16-13-10-6-2-4-8-12(10)18-15(13)11-7-3-1-5-9(11)14(17)19-15/h1-8,13H/t13-,15-/m1/s1. The Morgan fingerprint density at radius 1 is 1.00 bits per heavy atom. The van der Waals surface area contributed by atoms with Crippen molar-refractivity contribution in [1.82, 2.24) is 0 Å². The predicted octanol–water partition coefficient (Wildman–Crippen LogP) is 3.38. The Morgan fingerprint density at radius 3 is 2.58 bits per heavy atom. The fraction of sp³-hybridized carbons (Fsp3) is 0.133. The molecule has 2 atom stereocenters. The fourth-order valence-corrected chi connectivity index (χ4v) is 3.07. The first-order chi connectivity index (χ1) is 9.22. The summed E-state index contributed by atoms with van der Waals surface area (Å²) in [6.45, 7) is 0. The van der Waals surface area contributed by atoms with Gasteiger partial charge in [0.2, 0.25) is 0 Å². The molecule has 94 valence electrons. The zero-order valence-electron chi connectivity index (χ0n) is 9.80.